The number of hydrogen-bond acceptors (Lipinski definition) is 4. The molecule has 2 aliphatic heterocycles. The Hall–Kier alpha value is -2.92. The van der Waals surface area contributed by atoms with Gasteiger partial charge < -0.3 is 9.72 Å². The number of benzene rings is 2. The van der Waals surface area contributed by atoms with Crippen molar-refractivity contribution in [3.05, 3.63) is 71.4 Å². The lowest BCUT2D eigenvalue weighted by atomic mass is 9.81. The van der Waals surface area contributed by atoms with Gasteiger partial charge in [0.05, 0.1) is 13.2 Å². The predicted octanol–water partition coefficient (Wildman–Crippen LogP) is 3.71. The summed E-state index contributed by atoms with van der Waals surface area (Å²) in [6.45, 7) is 0. The monoisotopic (exact) mass is 374 g/mol. The van der Waals surface area contributed by atoms with Crippen LogP contribution in [0.4, 0.5) is 0 Å². The number of carbonyl (C=O) groups is 2. The third-order valence-electron chi connectivity index (χ3n) is 6.16. The van der Waals surface area contributed by atoms with Gasteiger partial charge >= 0.3 is 5.97 Å². The molecule has 0 amide bonds. The van der Waals surface area contributed by atoms with Gasteiger partial charge in [0.1, 0.15) is 11.8 Å². The first-order valence-electron chi connectivity index (χ1n) is 9.68. The van der Waals surface area contributed by atoms with Gasteiger partial charge in [0, 0.05) is 41.9 Å². The van der Waals surface area contributed by atoms with E-state index in [-0.39, 0.29) is 23.8 Å². The summed E-state index contributed by atoms with van der Waals surface area (Å²) in [5, 5.41) is 1.13. The van der Waals surface area contributed by atoms with E-state index in [9.17, 15) is 9.59 Å². The SMILES string of the molecule is COC(=O)[C@@H]1Cc2c([nH]c3ccccc23)[C@H]2CC(=O)C[C@H](c3ccccc3)N21. The lowest BCUT2D eigenvalue weighted by Gasteiger charge is -2.47. The summed E-state index contributed by atoms with van der Waals surface area (Å²) in [6.07, 6.45) is 1.42. The van der Waals surface area contributed by atoms with Gasteiger partial charge in [-0.3, -0.25) is 14.5 Å². The number of piperidine rings is 1. The Labute approximate surface area is 163 Å². The van der Waals surface area contributed by atoms with Crippen LogP contribution in [0, 0.1) is 0 Å². The van der Waals surface area contributed by atoms with Gasteiger partial charge in [0.25, 0.3) is 0 Å². The number of esters is 1. The first kappa shape index (κ1) is 17.2. The summed E-state index contributed by atoms with van der Waals surface area (Å²) in [5.74, 6) is -0.0126. The predicted molar refractivity (Wildman–Crippen MR) is 106 cm³/mol. The minimum Gasteiger partial charge on any atom is -0.468 e. The smallest absolute Gasteiger partial charge is 0.323 e. The zero-order valence-electron chi connectivity index (χ0n) is 15.7. The standard InChI is InChI=1S/C23H22N2O3/c1-28-23(27)21-13-17-16-9-5-6-10-18(16)24-22(17)20-12-15(26)11-19(25(20)21)14-7-3-2-4-8-14/h2-10,19-21,24H,11-13H2,1H3/t19-,20-,21+/m1/s1. The van der Waals surface area contributed by atoms with Crippen LogP contribution < -0.4 is 0 Å². The maximum absolute atomic E-state index is 12.8. The molecule has 5 heteroatoms. The van der Waals surface area contributed by atoms with E-state index in [1.807, 2.05) is 48.5 Å². The second kappa shape index (κ2) is 6.60. The second-order valence-electron chi connectivity index (χ2n) is 7.64. The maximum atomic E-state index is 12.8. The lowest BCUT2D eigenvalue weighted by Crippen LogP contribution is -2.53. The Morgan fingerprint density at radius 2 is 1.71 bits per heavy atom. The quantitative estimate of drug-likeness (QED) is 0.695. The molecule has 1 N–H and O–H groups in total. The largest absolute Gasteiger partial charge is 0.468 e. The number of aromatic nitrogens is 1. The van der Waals surface area contributed by atoms with Gasteiger partial charge in [-0.05, 0) is 17.2 Å². The number of fused-ring (bicyclic) bond motifs is 5. The van der Waals surface area contributed by atoms with Crippen molar-refractivity contribution in [2.45, 2.75) is 37.4 Å². The molecule has 0 radical (unpaired) electrons. The van der Waals surface area contributed by atoms with Gasteiger partial charge in [-0.2, -0.15) is 0 Å². The molecule has 3 heterocycles. The molecule has 1 saturated heterocycles. The van der Waals surface area contributed by atoms with Gasteiger partial charge in [0.15, 0.2) is 0 Å². The Morgan fingerprint density at radius 1 is 1.00 bits per heavy atom. The van der Waals surface area contributed by atoms with Crippen LogP contribution in [0.2, 0.25) is 0 Å². The van der Waals surface area contributed by atoms with E-state index in [1.54, 1.807) is 0 Å². The molecule has 5 rings (SSSR count). The van der Waals surface area contributed by atoms with Crippen LogP contribution in [-0.4, -0.2) is 34.8 Å². The number of nitrogens with one attached hydrogen (secondary N) is 1. The fourth-order valence-electron chi connectivity index (χ4n) is 4.96. The summed E-state index contributed by atoms with van der Waals surface area (Å²) < 4.78 is 5.18. The van der Waals surface area contributed by atoms with Gasteiger partial charge in [-0.25, -0.2) is 0 Å². The summed E-state index contributed by atoms with van der Waals surface area (Å²) in [7, 11) is 1.44. The fraction of sp³-hybridized carbons (Fsp3) is 0.304. The molecule has 2 aromatic carbocycles. The Kier molecular flexibility index (Phi) is 4.05. The summed E-state index contributed by atoms with van der Waals surface area (Å²) in [6, 6.07) is 17.5. The molecule has 28 heavy (non-hydrogen) atoms. The molecular weight excluding hydrogens is 352 g/mol. The van der Waals surface area contributed by atoms with Crippen molar-refractivity contribution in [3.8, 4) is 0 Å². The van der Waals surface area contributed by atoms with Crippen molar-refractivity contribution in [3.63, 3.8) is 0 Å². The normalized spacial score (nSPS) is 24.6. The number of aromatic amines is 1. The molecule has 1 aromatic heterocycles. The van der Waals surface area contributed by atoms with E-state index in [0.717, 1.165) is 27.7 Å². The molecule has 2 aliphatic rings. The Bertz CT molecular complexity index is 1060. The van der Waals surface area contributed by atoms with Crippen LogP contribution in [0.25, 0.3) is 10.9 Å². The van der Waals surface area contributed by atoms with Crippen molar-refractivity contribution in [2.75, 3.05) is 7.11 Å². The topological polar surface area (TPSA) is 62.4 Å². The van der Waals surface area contributed by atoms with E-state index in [0.29, 0.717) is 19.3 Å². The molecule has 0 aliphatic carbocycles. The number of Topliss-reactive ketones (excluding diaryl/α,β-unsaturated/α-hetero) is 1. The molecule has 0 saturated carbocycles. The highest BCUT2D eigenvalue weighted by molar-refractivity contribution is 5.89. The minimum atomic E-state index is -0.403. The van der Waals surface area contributed by atoms with Crippen LogP contribution >= 0.6 is 0 Å². The number of para-hydroxylation sites is 1. The second-order valence-corrected chi connectivity index (χ2v) is 7.64. The van der Waals surface area contributed by atoms with Crippen molar-refractivity contribution < 1.29 is 14.3 Å². The molecule has 0 spiro atoms. The van der Waals surface area contributed by atoms with Crippen molar-refractivity contribution in [1.82, 2.24) is 9.88 Å². The van der Waals surface area contributed by atoms with Crippen molar-refractivity contribution in [2.24, 2.45) is 0 Å². The molecule has 5 nitrogen and oxygen atoms in total. The first-order valence-corrected chi connectivity index (χ1v) is 9.68. The third-order valence-corrected chi connectivity index (χ3v) is 6.16. The first-order chi connectivity index (χ1) is 13.7. The average molecular weight is 374 g/mol. The van der Waals surface area contributed by atoms with E-state index in [2.05, 4.69) is 16.0 Å². The van der Waals surface area contributed by atoms with Crippen molar-refractivity contribution in [1.29, 1.82) is 0 Å². The molecule has 3 aromatic rings. The zero-order chi connectivity index (χ0) is 19.3. The summed E-state index contributed by atoms with van der Waals surface area (Å²) in [5.41, 5.74) is 4.31. The zero-order valence-corrected chi connectivity index (χ0v) is 15.7. The van der Waals surface area contributed by atoms with Crippen LogP contribution in [0.3, 0.4) is 0 Å². The fourth-order valence-corrected chi connectivity index (χ4v) is 4.96. The summed E-state index contributed by atoms with van der Waals surface area (Å²) >= 11 is 0. The molecule has 1 fully saturated rings. The van der Waals surface area contributed by atoms with Crippen LogP contribution in [0.1, 0.15) is 41.7 Å². The number of methoxy groups -OCH3 is 1. The number of carbonyl (C=O) groups excluding carboxylic acids is 2. The number of rotatable bonds is 2. The highest BCUT2D eigenvalue weighted by Gasteiger charge is 2.47. The van der Waals surface area contributed by atoms with Gasteiger partial charge in [-0.15, -0.1) is 0 Å². The maximum Gasteiger partial charge on any atom is 0.323 e. The van der Waals surface area contributed by atoms with E-state index < -0.39 is 6.04 Å². The lowest BCUT2D eigenvalue weighted by molar-refractivity contribution is -0.153. The molecule has 0 unspecified atom stereocenters. The number of ether oxygens (including phenoxy) is 1. The highest BCUT2D eigenvalue weighted by Crippen LogP contribution is 2.47. The van der Waals surface area contributed by atoms with E-state index in [4.69, 9.17) is 4.74 Å². The third kappa shape index (κ3) is 2.58. The van der Waals surface area contributed by atoms with E-state index >= 15 is 0 Å². The van der Waals surface area contributed by atoms with Crippen LogP contribution in [-0.2, 0) is 20.7 Å². The van der Waals surface area contributed by atoms with Gasteiger partial charge in [0.2, 0.25) is 0 Å². The van der Waals surface area contributed by atoms with Gasteiger partial charge in [-0.1, -0.05) is 48.5 Å². The number of H-pyrrole nitrogens is 1. The Balaban J connectivity index is 1.69. The number of nitrogens with zero attached hydrogens (tertiary/aromatic N) is 1. The molecule has 0 bridgehead atoms. The van der Waals surface area contributed by atoms with Crippen LogP contribution in [0.15, 0.2) is 54.6 Å². The highest BCUT2D eigenvalue weighted by atomic mass is 16.5. The summed E-state index contributed by atoms with van der Waals surface area (Å²) in [4.78, 5) is 31.3. The molecular formula is C23H22N2O3. The van der Waals surface area contributed by atoms with E-state index in [1.165, 1.54) is 7.11 Å². The Morgan fingerprint density at radius 3 is 2.50 bits per heavy atom. The average Bonchev–Trinajstić information content (AvgIpc) is 3.11. The minimum absolute atomic E-state index is 0.129. The van der Waals surface area contributed by atoms with Crippen molar-refractivity contribution >= 4 is 22.7 Å². The molecule has 3 atom stereocenters. The molecule has 142 valence electrons. The number of hydrogen-bond donors (Lipinski definition) is 1. The number of ketones is 1. The van der Waals surface area contributed by atoms with Crippen LogP contribution in [0.5, 0.6) is 0 Å².